The Kier molecular flexibility index (Phi) is 5.57. The molecule has 0 aliphatic carbocycles. The first-order valence-corrected chi connectivity index (χ1v) is 11.1. The number of piperidine rings is 1. The number of rotatable bonds is 4. The van der Waals surface area contributed by atoms with Crippen LogP contribution in [-0.2, 0) is 0 Å². The molecule has 0 spiro atoms. The molecule has 2 N–H and O–H groups in total. The number of halogens is 1. The van der Waals surface area contributed by atoms with Gasteiger partial charge in [-0.15, -0.1) is 0 Å². The zero-order valence-corrected chi connectivity index (χ0v) is 18.8. The smallest absolute Gasteiger partial charge is 0.349 e. The Bertz CT molecular complexity index is 1460. The summed E-state index contributed by atoms with van der Waals surface area (Å²) in [7, 11) is 1.45. The minimum atomic E-state index is -0.662. The first-order chi connectivity index (χ1) is 16.4. The first kappa shape index (κ1) is 22.1. The largest absolute Gasteiger partial charge is 0.508 e. The fraction of sp³-hybridized carbons (Fsp3) is 0.320. The number of ether oxygens (including phenoxy) is 1. The molecule has 8 nitrogen and oxygen atoms in total. The third-order valence-electron chi connectivity index (χ3n) is 6.47. The van der Waals surface area contributed by atoms with Gasteiger partial charge in [0.25, 0.3) is 0 Å². The van der Waals surface area contributed by atoms with Crippen LogP contribution in [0.5, 0.6) is 11.8 Å². The van der Waals surface area contributed by atoms with Gasteiger partial charge in [0.1, 0.15) is 22.7 Å². The summed E-state index contributed by atoms with van der Waals surface area (Å²) in [6.07, 6.45) is 1.53. The van der Waals surface area contributed by atoms with Gasteiger partial charge in [-0.2, -0.15) is 9.97 Å². The van der Waals surface area contributed by atoms with Gasteiger partial charge in [-0.3, -0.25) is 0 Å². The molecule has 0 amide bonds. The number of phenolic OH excluding ortho intramolecular Hbond substituents is 1. The molecule has 1 aliphatic heterocycles. The molecule has 2 aromatic heterocycles. The van der Waals surface area contributed by atoms with Gasteiger partial charge in [-0.1, -0.05) is 12.1 Å². The van der Waals surface area contributed by atoms with E-state index in [4.69, 9.17) is 9.15 Å². The van der Waals surface area contributed by atoms with Crippen molar-refractivity contribution >= 4 is 27.5 Å². The van der Waals surface area contributed by atoms with E-state index in [0.29, 0.717) is 35.4 Å². The predicted molar refractivity (Wildman–Crippen MR) is 126 cm³/mol. The van der Waals surface area contributed by atoms with Crippen LogP contribution in [0.3, 0.4) is 0 Å². The second kappa shape index (κ2) is 8.57. The van der Waals surface area contributed by atoms with E-state index >= 15 is 0 Å². The number of aliphatic hydroxyl groups is 1. The molecule has 176 valence electrons. The highest BCUT2D eigenvalue weighted by molar-refractivity contribution is 6.00. The number of phenols is 1. The van der Waals surface area contributed by atoms with Crippen LogP contribution < -0.4 is 15.3 Å². The SMILES string of the molecule is COc1nc(N2CCC(CO)CC2)c2c(=O)oc(-c3cc(O)cc4cccc(F)c34)c(C)c2n1. The number of aromatic hydroxyl groups is 1. The number of hydrogen-bond donors (Lipinski definition) is 2. The molecule has 0 saturated carbocycles. The number of benzene rings is 2. The number of aryl methyl sites for hydroxylation is 1. The van der Waals surface area contributed by atoms with Gasteiger partial charge >= 0.3 is 11.6 Å². The van der Waals surface area contributed by atoms with Crippen molar-refractivity contribution in [2.24, 2.45) is 5.92 Å². The van der Waals surface area contributed by atoms with Crippen molar-refractivity contribution in [2.45, 2.75) is 19.8 Å². The van der Waals surface area contributed by atoms with Gasteiger partial charge in [0.15, 0.2) is 5.82 Å². The normalized spacial score (nSPS) is 14.8. The molecule has 1 saturated heterocycles. The van der Waals surface area contributed by atoms with E-state index in [9.17, 15) is 19.4 Å². The van der Waals surface area contributed by atoms with E-state index in [1.54, 1.807) is 19.1 Å². The number of methoxy groups -OCH3 is 1. The lowest BCUT2D eigenvalue weighted by molar-refractivity contribution is 0.203. The number of hydrogen-bond acceptors (Lipinski definition) is 8. The van der Waals surface area contributed by atoms with E-state index in [1.165, 1.54) is 25.3 Å². The maximum Gasteiger partial charge on any atom is 0.349 e. The molecule has 34 heavy (non-hydrogen) atoms. The monoisotopic (exact) mass is 465 g/mol. The zero-order valence-electron chi connectivity index (χ0n) is 18.8. The lowest BCUT2D eigenvalue weighted by Crippen LogP contribution is -2.36. The molecule has 1 fully saturated rings. The summed E-state index contributed by atoms with van der Waals surface area (Å²) in [5.41, 5.74) is 0.431. The van der Waals surface area contributed by atoms with Crippen molar-refractivity contribution in [3.63, 3.8) is 0 Å². The van der Waals surface area contributed by atoms with Gasteiger partial charge in [-0.25, -0.2) is 9.18 Å². The summed E-state index contributed by atoms with van der Waals surface area (Å²) >= 11 is 0. The number of nitrogens with zero attached hydrogens (tertiary/aromatic N) is 3. The van der Waals surface area contributed by atoms with E-state index in [2.05, 4.69) is 9.97 Å². The van der Waals surface area contributed by atoms with Crippen LogP contribution in [0.4, 0.5) is 10.2 Å². The second-order valence-corrected chi connectivity index (χ2v) is 8.55. The fourth-order valence-electron chi connectivity index (χ4n) is 4.67. The molecule has 0 radical (unpaired) electrons. The minimum Gasteiger partial charge on any atom is -0.508 e. The van der Waals surface area contributed by atoms with Crippen LogP contribution in [0.25, 0.3) is 33.0 Å². The first-order valence-electron chi connectivity index (χ1n) is 11.1. The Labute approximate surface area is 194 Å². The molecule has 9 heteroatoms. The summed E-state index contributed by atoms with van der Waals surface area (Å²) in [6, 6.07) is 7.47. The Hall–Kier alpha value is -3.72. The molecule has 5 rings (SSSR count). The molecular weight excluding hydrogens is 441 g/mol. The van der Waals surface area contributed by atoms with Crippen molar-refractivity contribution in [1.82, 2.24) is 9.97 Å². The lowest BCUT2D eigenvalue weighted by Gasteiger charge is -2.32. The van der Waals surface area contributed by atoms with Crippen LogP contribution in [0.1, 0.15) is 18.4 Å². The summed E-state index contributed by atoms with van der Waals surface area (Å²) in [6.45, 7) is 3.08. The fourth-order valence-corrected chi connectivity index (χ4v) is 4.67. The number of anilines is 1. The zero-order chi connectivity index (χ0) is 24.0. The van der Waals surface area contributed by atoms with Gasteiger partial charge in [0, 0.05) is 36.2 Å². The van der Waals surface area contributed by atoms with Crippen molar-refractivity contribution in [3.05, 3.63) is 52.1 Å². The van der Waals surface area contributed by atoms with Gasteiger partial charge in [0.2, 0.25) is 0 Å². The van der Waals surface area contributed by atoms with E-state index in [-0.39, 0.29) is 46.4 Å². The summed E-state index contributed by atoms with van der Waals surface area (Å²) in [5.74, 6) is 0.165. The predicted octanol–water partition coefficient (Wildman–Crippen LogP) is 3.77. The van der Waals surface area contributed by atoms with E-state index in [1.807, 2.05) is 4.90 Å². The lowest BCUT2D eigenvalue weighted by atomic mass is 9.97. The summed E-state index contributed by atoms with van der Waals surface area (Å²) in [4.78, 5) is 24.2. The van der Waals surface area contributed by atoms with Crippen molar-refractivity contribution in [2.75, 3.05) is 31.7 Å². The molecule has 4 aromatic rings. The van der Waals surface area contributed by atoms with Gasteiger partial charge < -0.3 is 24.3 Å². The standard InChI is InChI=1S/C25H24FN3O5/c1-13-21-20(23(28-25(27-21)33-2)29-8-6-14(12-30)7-9-29)24(32)34-22(13)17-11-16(31)10-15-4-3-5-18(26)19(15)17/h3-5,10-11,14,30-31H,6-9,12H2,1-2H3. The van der Waals surface area contributed by atoms with Crippen LogP contribution >= 0.6 is 0 Å². The number of fused-ring (bicyclic) bond motifs is 2. The molecule has 0 unspecified atom stereocenters. The Morgan fingerprint density at radius 2 is 1.97 bits per heavy atom. The highest BCUT2D eigenvalue weighted by atomic mass is 19.1. The van der Waals surface area contributed by atoms with Crippen molar-refractivity contribution in [1.29, 1.82) is 0 Å². The quantitative estimate of drug-likeness (QED) is 0.469. The summed E-state index contributed by atoms with van der Waals surface area (Å²) < 4.78 is 25.9. The van der Waals surface area contributed by atoms with Crippen molar-refractivity contribution in [3.8, 4) is 23.1 Å². The average Bonchev–Trinajstić information content (AvgIpc) is 2.85. The van der Waals surface area contributed by atoms with Crippen LogP contribution in [0.15, 0.2) is 39.5 Å². The highest BCUT2D eigenvalue weighted by Crippen LogP contribution is 2.38. The van der Waals surface area contributed by atoms with E-state index in [0.717, 1.165) is 12.8 Å². The maximum atomic E-state index is 14.8. The van der Waals surface area contributed by atoms with Crippen LogP contribution in [-0.4, -0.2) is 47.0 Å². The average molecular weight is 465 g/mol. The Morgan fingerprint density at radius 3 is 2.68 bits per heavy atom. The molecule has 2 aromatic carbocycles. The Morgan fingerprint density at radius 1 is 1.21 bits per heavy atom. The van der Waals surface area contributed by atoms with Gasteiger partial charge in [0.05, 0.1) is 12.6 Å². The van der Waals surface area contributed by atoms with Crippen molar-refractivity contribution < 1.29 is 23.8 Å². The highest BCUT2D eigenvalue weighted by Gasteiger charge is 2.27. The second-order valence-electron chi connectivity index (χ2n) is 8.55. The minimum absolute atomic E-state index is 0.0806. The van der Waals surface area contributed by atoms with Crippen LogP contribution in [0.2, 0.25) is 0 Å². The van der Waals surface area contributed by atoms with Crippen LogP contribution in [0, 0.1) is 18.7 Å². The maximum absolute atomic E-state index is 14.8. The molecule has 0 bridgehead atoms. The number of aromatic nitrogens is 2. The molecule has 3 heterocycles. The number of aliphatic hydroxyl groups excluding tert-OH is 1. The molecular formula is C25H24FN3O5. The topological polar surface area (TPSA) is 109 Å². The van der Waals surface area contributed by atoms with E-state index < -0.39 is 11.4 Å². The summed E-state index contributed by atoms with van der Waals surface area (Å²) in [5, 5.41) is 20.7. The third kappa shape index (κ3) is 3.62. The third-order valence-corrected chi connectivity index (χ3v) is 6.47. The van der Waals surface area contributed by atoms with Gasteiger partial charge in [-0.05, 0) is 49.3 Å². The molecule has 1 aliphatic rings. The Balaban J connectivity index is 1.76. The molecule has 0 atom stereocenters.